The number of nitrogens with zero attached hydrogens (tertiary/aromatic N) is 4. The van der Waals surface area contributed by atoms with Crippen molar-refractivity contribution in [3.8, 4) is 22.5 Å². The fourth-order valence-electron chi connectivity index (χ4n) is 3.89. The van der Waals surface area contributed by atoms with Crippen LogP contribution in [0.4, 0.5) is 24.2 Å². The van der Waals surface area contributed by atoms with E-state index in [1.54, 1.807) is 0 Å². The molecule has 2 aliphatic heterocycles. The monoisotopic (exact) mass is 710 g/mol. The number of thiazole rings is 2. The number of hydrogen-bond acceptors (Lipinski definition) is 9. The number of halogens is 3. The molecule has 2 fully saturated rings. The number of rotatable bonds is 6. The Bertz CT molecular complexity index is 1370. The van der Waals surface area contributed by atoms with Gasteiger partial charge in [-0.2, -0.15) is 0 Å². The van der Waals surface area contributed by atoms with Crippen molar-refractivity contribution >= 4 is 77.0 Å². The van der Waals surface area contributed by atoms with Gasteiger partial charge in [0, 0.05) is 30.8 Å². The summed E-state index contributed by atoms with van der Waals surface area (Å²) in [6.07, 6.45) is -0.995. The molecule has 40 heavy (non-hydrogen) atoms. The Morgan fingerprint density at radius 2 is 1.23 bits per heavy atom. The van der Waals surface area contributed by atoms with E-state index in [-0.39, 0.29) is 25.9 Å². The van der Waals surface area contributed by atoms with Crippen molar-refractivity contribution in [2.24, 2.45) is 0 Å². The minimum Gasteiger partial charge on any atom is -0.447 e. The summed E-state index contributed by atoms with van der Waals surface area (Å²) in [6.45, 7) is -0.511. The lowest BCUT2D eigenvalue weighted by atomic mass is 10.2. The second-order valence-corrected chi connectivity index (χ2v) is 12.1. The molecule has 2 aromatic carbocycles. The van der Waals surface area contributed by atoms with Gasteiger partial charge in [0.25, 0.3) is 0 Å². The highest BCUT2D eigenvalue weighted by molar-refractivity contribution is 9.10. The summed E-state index contributed by atoms with van der Waals surface area (Å²) >= 11 is 9.42. The first-order chi connectivity index (χ1) is 19.4. The van der Waals surface area contributed by atoms with Crippen molar-refractivity contribution < 1.29 is 28.6 Å². The third-order valence-corrected chi connectivity index (χ3v) is 8.72. The minimum atomic E-state index is -0.640. The normalized spacial score (nSPS) is 18.4. The first kappa shape index (κ1) is 28.6. The maximum Gasteiger partial charge on any atom is 0.416 e. The quantitative estimate of drug-likeness (QED) is 0.236. The summed E-state index contributed by atoms with van der Waals surface area (Å²) in [5.41, 5.74) is 3.48. The number of cyclic esters (lactones) is 2. The van der Waals surface area contributed by atoms with E-state index in [9.17, 15) is 19.1 Å². The lowest BCUT2D eigenvalue weighted by Gasteiger charge is -2.15. The molecule has 1 N–H and O–H groups in total. The molecular formula is C26H21Br2FN4O5S2. The van der Waals surface area contributed by atoms with Gasteiger partial charge in [-0.05, 0) is 24.3 Å². The SMILES string of the molecule is O=C1OC[C@@H](CF)N1c1nc(-c2ccc(Br)cc2)cs1.O=C1OC[C@@H](CO)N1c1nc(-c2ccc(Br)cc2)cs1. The standard InChI is InChI=1S/C13H10BrFN2O2S.C13H11BrN2O3S/c14-9-3-1-8(2-4-9)11-7-20-12(16-11)17-10(5-15)6-19-13(17)18;14-9-3-1-8(2-4-9)11-7-20-12(15-11)16-10(5-17)6-19-13(16)18/h1-4,7,10H,5-6H2;1-4,7,10,17H,5-6H2/t2*10-/m11/s1. The molecule has 0 unspecified atom stereocenters. The van der Waals surface area contributed by atoms with E-state index in [1.807, 2.05) is 59.3 Å². The number of aliphatic hydroxyl groups is 1. The molecule has 2 amide bonds. The van der Waals surface area contributed by atoms with Gasteiger partial charge in [-0.3, -0.25) is 0 Å². The zero-order valence-corrected chi connectivity index (χ0v) is 25.4. The Hall–Kier alpha value is -2.91. The Balaban J connectivity index is 0.000000161. The van der Waals surface area contributed by atoms with E-state index in [1.165, 1.54) is 32.5 Å². The van der Waals surface area contributed by atoms with Crippen LogP contribution < -0.4 is 9.80 Å². The Labute approximate surface area is 253 Å². The minimum absolute atomic E-state index is 0.0720. The van der Waals surface area contributed by atoms with Crippen LogP contribution in [-0.4, -0.2) is 65.8 Å². The topological polar surface area (TPSA) is 105 Å². The van der Waals surface area contributed by atoms with Crippen LogP contribution >= 0.6 is 54.5 Å². The van der Waals surface area contributed by atoms with Gasteiger partial charge in [-0.15, -0.1) is 22.7 Å². The zero-order valence-electron chi connectivity index (χ0n) is 20.6. The van der Waals surface area contributed by atoms with Gasteiger partial charge < -0.3 is 14.6 Å². The maximum absolute atomic E-state index is 12.9. The predicted octanol–water partition coefficient (Wildman–Crippen LogP) is 6.76. The number of ether oxygens (including phenoxy) is 2. The molecule has 0 aliphatic carbocycles. The molecule has 2 aromatic heterocycles. The second kappa shape index (κ2) is 12.7. The molecule has 2 aliphatic rings. The molecular weight excluding hydrogens is 691 g/mol. The molecule has 0 radical (unpaired) electrons. The first-order valence-electron chi connectivity index (χ1n) is 11.9. The van der Waals surface area contributed by atoms with Gasteiger partial charge in [0.2, 0.25) is 0 Å². The van der Waals surface area contributed by atoms with Gasteiger partial charge in [0.15, 0.2) is 10.3 Å². The molecule has 0 bridgehead atoms. The summed E-state index contributed by atoms with van der Waals surface area (Å²) in [5, 5.41) is 14.0. The number of amides is 2. The Morgan fingerprint density at radius 3 is 1.65 bits per heavy atom. The molecule has 9 nitrogen and oxygen atoms in total. The second-order valence-electron chi connectivity index (χ2n) is 8.58. The predicted molar refractivity (Wildman–Crippen MR) is 159 cm³/mol. The summed E-state index contributed by atoms with van der Waals surface area (Å²) in [5.74, 6) is 0. The van der Waals surface area contributed by atoms with Crippen molar-refractivity contribution in [2.45, 2.75) is 12.1 Å². The fraction of sp³-hybridized carbons (Fsp3) is 0.231. The third kappa shape index (κ3) is 6.20. The number of anilines is 2. The van der Waals surface area contributed by atoms with E-state index < -0.39 is 24.9 Å². The van der Waals surface area contributed by atoms with Crippen LogP contribution in [-0.2, 0) is 9.47 Å². The van der Waals surface area contributed by atoms with Crippen molar-refractivity contribution in [2.75, 3.05) is 36.3 Å². The van der Waals surface area contributed by atoms with Gasteiger partial charge >= 0.3 is 12.2 Å². The summed E-state index contributed by atoms with van der Waals surface area (Å²) in [4.78, 5) is 34.9. The summed E-state index contributed by atoms with van der Waals surface area (Å²) < 4.78 is 24.7. The average molecular weight is 712 g/mol. The number of carbonyl (C=O) groups excluding carboxylic acids is 2. The highest BCUT2D eigenvalue weighted by Crippen LogP contribution is 2.33. The zero-order chi connectivity index (χ0) is 28.2. The molecule has 4 heterocycles. The van der Waals surface area contributed by atoms with Crippen LogP contribution in [0, 0.1) is 0 Å². The highest BCUT2D eigenvalue weighted by atomic mass is 79.9. The molecule has 0 saturated carbocycles. The number of aliphatic hydroxyl groups excluding tert-OH is 1. The van der Waals surface area contributed by atoms with Gasteiger partial charge in [0.05, 0.1) is 24.0 Å². The van der Waals surface area contributed by atoms with Crippen molar-refractivity contribution in [3.05, 3.63) is 68.2 Å². The van der Waals surface area contributed by atoms with E-state index in [0.29, 0.717) is 10.3 Å². The number of aromatic nitrogens is 2. The van der Waals surface area contributed by atoms with Crippen LogP contribution in [0.15, 0.2) is 68.2 Å². The van der Waals surface area contributed by atoms with Crippen molar-refractivity contribution in [3.63, 3.8) is 0 Å². The molecule has 208 valence electrons. The van der Waals surface area contributed by atoms with Gasteiger partial charge in [0.1, 0.15) is 25.9 Å². The highest BCUT2D eigenvalue weighted by Gasteiger charge is 2.37. The largest absolute Gasteiger partial charge is 0.447 e. The molecule has 4 aromatic rings. The van der Waals surface area contributed by atoms with Crippen molar-refractivity contribution in [1.29, 1.82) is 0 Å². The van der Waals surface area contributed by atoms with Gasteiger partial charge in [-0.1, -0.05) is 56.1 Å². The van der Waals surface area contributed by atoms with Crippen molar-refractivity contribution in [1.82, 2.24) is 9.97 Å². The molecule has 2 saturated heterocycles. The van der Waals surface area contributed by atoms with Crippen LogP contribution in [0.5, 0.6) is 0 Å². The Kier molecular flexibility index (Phi) is 9.10. The number of carbonyl (C=O) groups is 2. The van der Waals surface area contributed by atoms with Gasteiger partial charge in [-0.25, -0.2) is 33.7 Å². The van der Waals surface area contributed by atoms with Crippen LogP contribution in [0.25, 0.3) is 22.5 Å². The summed E-state index contributed by atoms with van der Waals surface area (Å²) in [6, 6.07) is 14.5. The number of alkyl halides is 1. The van der Waals surface area contributed by atoms with Crippen LogP contribution in [0.3, 0.4) is 0 Å². The summed E-state index contributed by atoms with van der Waals surface area (Å²) in [7, 11) is 0. The lowest BCUT2D eigenvalue weighted by molar-refractivity contribution is 0.173. The van der Waals surface area contributed by atoms with Crippen LogP contribution in [0.1, 0.15) is 0 Å². The fourth-order valence-corrected chi connectivity index (χ4v) is 6.21. The lowest BCUT2D eigenvalue weighted by Crippen LogP contribution is -2.35. The average Bonchev–Trinajstić information content (AvgIpc) is 3.76. The molecule has 14 heteroatoms. The molecule has 2 atom stereocenters. The Morgan fingerprint density at radius 1 is 0.800 bits per heavy atom. The smallest absolute Gasteiger partial charge is 0.416 e. The van der Waals surface area contributed by atoms with Crippen LogP contribution in [0.2, 0.25) is 0 Å². The van der Waals surface area contributed by atoms with E-state index in [0.717, 1.165) is 31.5 Å². The number of hydrogen-bond donors (Lipinski definition) is 1. The number of benzene rings is 2. The maximum atomic E-state index is 12.9. The third-order valence-electron chi connectivity index (χ3n) is 5.99. The van der Waals surface area contributed by atoms with E-state index in [2.05, 4.69) is 41.8 Å². The van der Waals surface area contributed by atoms with E-state index >= 15 is 0 Å². The molecule has 6 rings (SSSR count). The first-order valence-corrected chi connectivity index (χ1v) is 15.2. The van der Waals surface area contributed by atoms with E-state index in [4.69, 9.17) is 9.47 Å². The molecule has 0 spiro atoms.